The van der Waals surface area contributed by atoms with E-state index in [0.717, 1.165) is 11.1 Å². The molecule has 0 unspecified atom stereocenters. The molecule has 19 heteroatoms. The second-order valence-electron chi connectivity index (χ2n) is 17.9. The number of benzene rings is 3. The summed E-state index contributed by atoms with van der Waals surface area (Å²) in [7, 11) is 0. The molecule has 1 aliphatic heterocycles. The molecule has 4 rings (SSSR count). The summed E-state index contributed by atoms with van der Waals surface area (Å²) in [4.78, 5) is 107. The number of primary amides is 1. The van der Waals surface area contributed by atoms with Gasteiger partial charge in [0.25, 0.3) is 0 Å². The van der Waals surface area contributed by atoms with E-state index in [0.29, 0.717) is 18.4 Å². The highest BCUT2D eigenvalue weighted by atomic mass is 16.7. The zero-order valence-electron chi connectivity index (χ0n) is 38.9. The maximum Gasteiger partial charge on any atom is 0.514 e. The summed E-state index contributed by atoms with van der Waals surface area (Å²) in [5.41, 5.74) is 5.92. The van der Waals surface area contributed by atoms with Gasteiger partial charge in [0.2, 0.25) is 29.5 Å². The maximum absolute atomic E-state index is 14.1. The number of carbonyl (C=O) groups is 8. The monoisotopic (exact) mass is 929 g/mol. The van der Waals surface area contributed by atoms with Crippen molar-refractivity contribution in [2.24, 2.45) is 5.73 Å². The largest absolute Gasteiger partial charge is 0.514 e. The Morgan fingerprint density at radius 3 is 1.88 bits per heavy atom. The Bertz CT molecular complexity index is 2160. The zero-order valence-corrected chi connectivity index (χ0v) is 38.9. The van der Waals surface area contributed by atoms with Crippen LogP contribution in [0.5, 0.6) is 5.75 Å². The molecule has 0 aromatic heterocycles. The zero-order chi connectivity index (χ0) is 49.1. The van der Waals surface area contributed by atoms with Gasteiger partial charge in [-0.2, -0.15) is 0 Å². The summed E-state index contributed by atoms with van der Waals surface area (Å²) in [6, 6.07) is 19.6. The van der Waals surface area contributed by atoms with E-state index in [1.54, 1.807) is 96.1 Å². The molecule has 19 nitrogen and oxygen atoms in total. The van der Waals surface area contributed by atoms with E-state index in [2.05, 4.69) is 26.6 Å². The van der Waals surface area contributed by atoms with Crippen LogP contribution in [0.2, 0.25) is 0 Å². The highest BCUT2D eigenvalue weighted by molar-refractivity contribution is 5.95. The second kappa shape index (κ2) is 24.9. The highest BCUT2D eigenvalue weighted by Gasteiger charge is 2.37. The van der Waals surface area contributed by atoms with Crippen LogP contribution < -0.4 is 37.1 Å². The van der Waals surface area contributed by atoms with Gasteiger partial charge in [-0.1, -0.05) is 72.8 Å². The van der Waals surface area contributed by atoms with Crippen LogP contribution in [0.3, 0.4) is 0 Å². The summed E-state index contributed by atoms with van der Waals surface area (Å²) in [6.07, 6.45) is -1.48. The molecule has 1 saturated heterocycles. The van der Waals surface area contributed by atoms with Crippen LogP contribution >= 0.6 is 0 Å². The van der Waals surface area contributed by atoms with Crippen molar-refractivity contribution in [3.8, 4) is 5.75 Å². The molecule has 0 bridgehead atoms. The van der Waals surface area contributed by atoms with Crippen LogP contribution in [-0.4, -0.2) is 108 Å². The van der Waals surface area contributed by atoms with Crippen LogP contribution in [-0.2, 0) is 57.6 Å². The minimum atomic E-state index is -1.31. The van der Waals surface area contributed by atoms with Gasteiger partial charge in [-0.25, -0.2) is 14.4 Å². The predicted octanol–water partition coefficient (Wildman–Crippen LogP) is 3.95. The quantitative estimate of drug-likeness (QED) is 0.0408. The first-order chi connectivity index (χ1) is 31.7. The molecule has 362 valence electrons. The van der Waals surface area contributed by atoms with Crippen molar-refractivity contribution in [1.29, 1.82) is 0 Å². The molecule has 0 aliphatic carbocycles. The number of ether oxygens (including phenoxy) is 4. The van der Waals surface area contributed by atoms with E-state index in [-0.39, 0.29) is 51.1 Å². The lowest BCUT2D eigenvalue weighted by molar-refractivity contribution is -0.140. The van der Waals surface area contributed by atoms with Crippen molar-refractivity contribution < 1.29 is 57.3 Å². The number of alkyl carbamates (subject to hydrolysis) is 2. The fourth-order valence-electron chi connectivity index (χ4n) is 6.88. The van der Waals surface area contributed by atoms with Gasteiger partial charge in [-0.15, -0.1) is 0 Å². The van der Waals surface area contributed by atoms with Gasteiger partial charge in [0.1, 0.15) is 47.7 Å². The Kier molecular flexibility index (Phi) is 19.5. The third-order valence-corrected chi connectivity index (χ3v) is 9.95. The lowest BCUT2D eigenvalue weighted by Gasteiger charge is -2.28. The van der Waals surface area contributed by atoms with Crippen LogP contribution in [0, 0.1) is 0 Å². The normalized spacial score (nSPS) is 14.8. The molecule has 1 aliphatic rings. The summed E-state index contributed by atoms with van der Waals surface area (Å²) < 4.78 is 21.2. The van der Waals surface area contributed by atoms with E-state index < -0.39 is 89.8 Å². The SMILES string of the molecule is CC(C)(C)OC(=O)N[C@@H](Cc1ccc(OC(=O)OC(C)(C)C)cc1)C(=O)N[C@H](CCCNC(=O)OCc1ccccc1)C(=O)NCC(=O)N[C@@H](Cc1ccccc1)C(=O)N1CCC[C@H]1C(N)=O. The molecule has 7 N–H and O–H groups in total. The molecular formula is C48H63N7O12. The Labute approximate surface area is 390 Å². The Balaban J connectivity index is 1.49. The van der Waals surface area contributed by atoms with Crippen molar-refractivity contribution in [3.05, 3.63) is 102 Å². The Morgan fingerprint density at radius 1 is 0.672 bits per heavy atom. The number of nitrogens with two attached hydrogens (primary N) is 1. The minimum Gasteiger partial charge on any atom is -0.445 e. The topological polar surface area (TPSA) is 263 Å². The molecule has 7 amide bonds. The first kappa shape index (κ1) is 52.4. The van der Waals surface area contributed by atoms with Gasteiger partial charge in [0.15, 0.2) is 0 Å². The van der Waals surface area contributed by atoms with Gasteiger partial charge < -0.3 is 56.2 Å². The minimum absolute atomic E-state index is 0.0307. The fourth-order valence-corrected chi connectivity index (χ4v) is 6.88. The molecule has 4 atom stereocenters. The van der Waals surface area contributed by atoms with E-state index in [1.807, 2.05) is 18.2 Å². The van der Waals surface area contributed by atoms with Crippen molar-refractivity contribution >= 4 is 47.9 Å². The van der Waals surface area contributed by atoms with Crippen LogP contribution in [0.25, 0.3) is 0 Å². The van der Waals surface area contributed by atoms with E-state index >= 15 is 0 Å². The smallest absolute Gasteiger partial charge is 0.445 e. The van der Waals surface area contributed by atoms with Gasteiger partial charge in [-0.05, 0) is 96.0 Å². The standard InChI is InChI=1S/C48H63N7O12/c1-47(2,3)66-45(62)54-36(27-32-21-23-34(24-22-32)65-46(63)67-48(4,5)6)42(59)53-35(19-13-25-50-44(61)64-30-33-17-11-8-12-18-33)41(58)51-29-39(56)52-37(28-31-15-9-7-10-16-31)43(60)55-26-14-20-38(55)40(49)57/h7-12,15-18,21-24,35-38H,13-14,19-20,25-30H2,1-6H3,(H2,49,57)(H,50,61)(H,51,58)(H,52,56)(H,53,59)(H,54,62)/t35-,36+,37+,38+/m1/s1. The Morgan fingerprint density at radius 2 is 1.27 bits per heavy atom. The number of amides is 7. The third kappa shape index (κ3) is 19.1. The number of nitrogens with zero attached hydrogens (tertiary/aromatic N) is 1. The van der Waals surface area contributed by atoms with Gasteiger partial charge in [0, 0.05) is 25.9 Å². The number of carbonyl (C=O) groups excluding carboxylic acids is 8. The van der Waals surface area contributed by atoms with Gasteiger partial charge in [0.05, 0.1) is 6.54 Å². The maximum atomic E-state index is 14.1. The van der Waals surface area contributed by atoms with Crippen LogP contribution in [0.1, 0.15) is 83.9 Å². The van der Waals surface area contributed by atoms with Crippen molar-refractivity contribution in [2.75, 3.05) is 19.6 Å². The average Bonchev–Trinajstić information content (AvgIpc) is 3.76. The molecule has 3 aromatic carbocycles. The second-order valence-corrected chi connectivity index (χ2v) is 17.9. The highest BCUT2D eigenvalue weighted by Crippen LogP contribution is 2.20. The van der Waals surface area contributed by atoms with E-state index in [4.69, 9.17) is 24.7 Å². The molecule has 0 radical (unpaired) electrons. The molecule has 0 saturated carbocycles. The molecule has 0 spiro atoms. The summed E-state index contributed by atoms with van der Waals surface area (Å²) in [5.74, 6) is -3.29. The average molecular weight is 930 g/mol. The Hall–Kier alpha value is -7.18. The fraction of sp³-hybridized carbons (Fsp3) is 0.458. The molecular weight excluding hydrogens is 867 g/mol. The lowest BCUT2D eigenvalue weighted by atomic mass is 10.0. The molecule has 1 fully saturated rings. The van der Waals surface area contributed by atoms with Crippen LogP contribution in [0.15, 0.2) is 84.9 Å². The summed E-state index contributed by atoms with van der Waals surface area (Å²) in [5, 5.41) is 13.1. The number of likely N-dealkylation sites (tertiary alicyclic amines) is 1. The summed E-state index contributed by atoms with van der Waals surface area (Å²) >= 11 is 0. The van der Waals surface area contributed by atoms with Crippen molar-refractivity contribution in [3.63, 3.8) is 0 Å². The predicted molar refractivity (Wildman–Crippen MR) is 245 cm³/mol. The van der Waals surface area contributed by atoms with Gasteiger partial charge in [-0.3, -0.25) is 24.0 Å². The van der Waals surface area contributed by atoms with E-state index in [1.165, 1.54) is 17.0 Å². The number of nitrogens with one attached hydrogen (secondary N) is 5. The summed E-state index contributed by atoms with van der Waals surface area (Å²) in [6.45, 7) is 9.77. The van der Waals surface area contributed by atoms with E-state index in [9.17, 15) is 38.4 Å². The number of rotatable bonds is 20. The third-order valence-electron chi connectivity index (χ3n) is 9.95. The van der Waals surface area contributed by atoms with Crippen LogP contribution in [0.4, 0.5) is 14.4 Å². The van der Waals surface area contributed by atoms with Crippen molar-refractivity contribution in [2.45, 2.75) is 122 Å². The number of hydrogen-bond acceptors (Lipinski definition) is 12. The van der Waals surface area contributed by atoms with Crippen molar-refractivity contribution in [1.82, 2.24) is 31.5 Å². The molecule has 67 heavy (non-hydrogen) atoms. The molecule has 1 heterocycles. The molecule has 3 aromatic rings. The first-order valence-corrected chi connectivity index (χ1v) is 22.1. The lowest BCUT2D eigenvalue weighted by Crippen LogP contribution is -2.57. The van der Waals surface area contributed by atoms with Gasteiger partial charge >= 0.3 is 18.3 Å². The number of hydrogen-bond donors (Lipinski definition) is 6. The first-order valence-electron chi connectivity index (χ1n) is 22.1.